The SMILES string of the molecule is CC(C)n1ccc(CC(N)c2csc(Br)c2)n1. The number of nitrogens with two attached hydrogens (primary N) is 1. The highest BCUT2D eigenvalue weighted by Gasteiger charge is 2.11. The molecule has 0 saturated carbocycles. The maximum Gasteiger partial charge on any atom is 0.0701 e. The minimum absolute atomic E-state index is 0.0214. The van der Waals surface area contributed by atoms with Crippen molar-refractivity contribution in [3.8, 4) is 0 Å². The van der Waals surface area contributed by atoms with Crippen molar-refractivity contribution in [1.82, 2.24) is 9.78 Å². The van der Waals surface area contributed by atoms with Gasteiger partial charge in [-0.1, -0.05) is 0 Å². The largest absolute Gasteiger partial charge is 0.324 e. The van der Waals surface area contributed by atoms with Crippen LogP contribution in [0.25, 0.3) is 0 Å². The number of halogens is 1. The van der Waals surface area contributed by atoms with Crippen LogP contribution in [-0.2, 0) is 6.42 Å². The number of thiophene rings is 1. The molecule has 1 atom stereocenters. The summed E-state index contributed by atoms with van der Waals surface area (Å²) in [6.45, 7) is 4.24. The summed E-state index contributed by atoms with van der Waals surface area (Å²) in [5.74, 6) is 0. The van der Waals surface area contributed by atoms with E-state index in [1.165, 1.54) is 5.56 Å². The first kappa shape index (κ1) is 12.8. The van der Waals surface area contributed by atoms with Crippen LogP contribution in [0, 0.1) is 0 Å². The lowest BCUT2D eigenvalue weighted by Crippen LogP contribution is -2.13. The molecule has 0 saturated heterocycles. The summed E-state index contributed by atoms with van der Waals surface area (Å²) in [4.78, 5) is 0. The number of rotatable bonds is 4. The second-order valence-electron chi connectivity index (χ2n) is 4.38. The van der Waals surface area contributed by atoms with E-state index in [2.05, 4.69) is 46.3 Å². The second-order valence-corrected chi connectivity index (χ2v) is 6.67. The monoisotopic (exact) mass is 313 g/mol. The molecule has 0 radical (unpaired) electrons. The van der Waals surface area contributed by atoms with Gasteiger partial charge in [0.2, 0.25) is 0 Å². The van der Waals surface area contributed by atoms with Crippen LogP contribution in [0.15, 0.2) is 27.5 Å². The van der Waals surface area contributed by atoms with E-state index in [1.54, 1.807) is 11.3 Å². The molecule has 2 heterocycles. The topological polar surface area (TPSA) is 43.8 Å². The fraction of sp³-hybridized carbons (Fsp3) is 0.417. The molecular weight excluding hydrogens is 298 g/mol. The first-order chi connectivity index (χ1) is 8.06. The van der Waals surface area contributed by atoms with E-state index in [4.69, 9.17) is 5.73 Å². The third kappa shape index (κ3) is 3.18. The molecule has 0 spiro atoms. The Bertz CT molecular complexity index is 489. The zero-order valence-corrected chi connectivity index (χ0v) is 12.3. The van der Waals surface area contributed by atoms with E-state index in [-0.39, 0.29) is 6.04 Å². The molecule has 2 rings (SSSR count). The predicted octanol–water partition coefficient (Wildman–Crippen LogP) is 3.53. The molecule has 5 heteroatoms. The van der Waals surface area contributed by atoms with E-state index >= 15 is 0 Å². The number of hydrogen-bond acceptors (Lipinski definition) is 3. The fourth-order valence-corrected chi connectivity index (χ4v) is 2.88. The fourth-order valence-electron chi connectivity index (χ4n) is 1.63. The summed E-state index contributed by atoms with van der Waals surface area (Å²) in [6, 6.07) is 4.54. The third-order valence-electron chi connectivity index (χ3n) is 2.64. The molecule has 2 N–H and O–H groups in total. The summed E-state index contributed by atoms with van der Waals surface area (Å²) in [5, 5.41) is 6.60. The van der Waals surface area contributed by atoms with Gasteiger partial charge in [0.1, 0.15) is 0 Å². The quantitative estimate of drug-likeness (QED) is 0.938. The van der Waals surface area contributed by atoms with Gasteiger partial charge in [-0.2, -0.15) is 5.10 Å². The minimum Gasteiger partial charge on any atom is -0.324 e. The molecule has 2 aromatic rings. The standard InChI is InChI=1S/C12H16BrN3S/c1-8(2)16-4-3-10(15-16)6-11(14)9-5-12(13)17-7-9/h3-5,7-8,11H,6,14H2,1-2H3. The van der Waals surface area contributed by atoms with Crippen molar-refractivity contribution in [3.05, 3.63) is 38.8 Å². The van der Waals surface area contributed by atoms with E-state index in [1.807, 2.05) is 16.9 Å². The Hall–Kier alpha value is -0.650. The Kier molecular flexibility index (Phi) is 4.01. The smallest absolute Gasteiger partial charge is 0.0701 e. The Labute approximate surface area is 114 Å². The molecule has 0 aliphatic carbocycles. The van der Waals surface area contributed by atoms with Gasteiger partial charge >= 0.3 is 0 Å². The molecule has 0 amide bonds. The second kappa shape index (κ2) is 5.33. The Morgan fingerprint density at radius 2 is 2.29 bits per heavy atom. The van der Waals surface area contributed by atoms with E-state index in [0.29, 0.717) is 6.04 Å². The van der Waals surface area contributed by atoms with Gasteiger partial charge in [-0.05, 0) is 52.9 Å². The summed E-state index contributed by atoms with van der Waals surface area (Å²) in [5.41, 5.74) is 8.38. The maximum atomic E-state index is 6.16. The summed E-state index contributed by atoms with van der Waals surface area (Å²) in [6.07, 6.45) is 2.79. The maximum absolute atomic E-state index is 6.16. The predicted molar refractivity (Wildman–Crippen MR) is 75.3 cm³/mol. The first-order valence-electron chi connectivity index (χ1n) is 5.60. The van der Waals surface area contributed by atoms with Crippen LogP contribution in [-0.4, -0.2) is 9.78 Å². The molecule has 2 aromatic heterocycles. The van der Waals surface area contributed by atoms with Crippen LogP contribution in [0.2, 0.25) is 0 Å². The molecule has 17 heavy (non-hydrogen) atoms. The normalized spacial score (nSPS) is 13.2. The van der Waals surface area contributed by atoms with Crippen molar-refractivity contribution in [2.75, 3.05) is 0 Å². The molecule has 0 fully saturated rings. The van der Waals surface area contributed by atoms with Crippen LogP contribution in [0.3, 0.4) is 0 Å². The number of hydrogen-bond donors (Lipinski definition) is 1. The Morgan fingerprint density at radius 1 is 1.53 bits per heavy atom. The molecule has 1 unspecified atom stereocenters. The summed E-state index contributed by atoms with van der Waals surface area (Å²) < 4.78 is 3.08. The first-order valence-corrected chi connectivity index (χ1v) is 7.27. The van der Waals surface area contributed by atoms with Crippen LogP contribution >= 0.6 is 27.3 Å². The van der Waals surface area contributed by atoms with Crippen molar-refractivity contribution in [2.45, 2.75) is 32.4 Å². The lowest BCUT2D eigenvalue weighted by molar-refractivity contribution is 0.522. The van der Waals surface area contributed by atoms with Crippen molar-refractivity contribution < 1.29 is 0 Å². The van der Waals surface area contributed by atoms with E-state index in [0.717, 1.165) is 15.9 Å². The molecule has 0 bridgehead atoms. The average Bonchev–Trinajstić information content (AvgIpc) is 2.86. The van der Waals surface area contributed by atoms with Crippen molar-refractivity contribution in [3.63, 3.8) is 0 Å². The third-order valence-corrected chi connectivity index (χ3v) is 4.16. The van der Waals surface area contributed by atoms with Gasteiger partial charge in [0.15, 0.2) is 0 Å². The van der Waals surface area contributed by atoms with Gasteiger partial charge in [0, 0.05) is 24.7 Å². The molecule has 3 nitrogen and oxygen atoms in total. The Morgan fingerprint density at radius 3 is 2.82 bits per heavy atom. The highest BCUT2D eigenvalue weighted by Crippen LogP contribution is 2.25. The van der Waals surface area contributed by atoms with Crippen LogP contribution in [0.5, 0.6) is 0 Å². The van der Waals surface area contributed by atoms with Crippen LogP contribution < -0.4 is 5.73 Å². The molecule has 0 aromatic carbocycles. The molecule has 0 aliphatic heterocycles. The van der Waals surface area contributed by atoms with Gasteiger partial charge in [0.05, 0.1) is 9.48 Å². The van der Waals surface area contributed by atoms with Gasteiger partial charge < -0.3 is 5.73 Å². The lowest BCUT2D eigenvalue weighted by Gasteiger charge is -2.08. The van der Waals surface area contributed by atoms with Crippen molar-refractivity contribution >= 4 is 27.3 Å². The average molecular weight is 314 g/mol. The minimum atomic E-state index is 0.0214. The van der Waals surface area contributed by atoms with Gasteiger partial charge in [-0.3, -0.25) is 4.68 Å². The number of aromatic nitrogens is 2. The summed E-state index contributed by atoms with van der Waals surface area (Å²) >= 11 is 5.12. The van der Waals surface area contributed by atoms with E-state index in [9.17, 15) is 0 Å². The highest BCUT2D eigenvalue weighted by molar-refractivity contribution is 9.11. The van der Waals surface area contributed by atoms with Gasteiger partial charge in [-0.25, -0.2) is 0 Å². The van der Waals surface area contributed by atoms with Crippen LogP contribution in [0.4, 0.5) is 0 Å². The zero-order chi connectivity index (χ0) is 12.4. The lowest BCUT2D eigenvalue weighted by atomic mass is 10.1. The van der Waals surface area contributed by atoms with Crippen LogP contribution in [0.1, 0.15) is 37.2 Å². The molecular formula is C12H16BrN3S. The van der Waals surface area contributed by atoms with Crippen molar-refractivity contribution in [2.24, 2.45) is 5.73 Å². The van der Waals surface area contributed by atoms with Gasteiger partial charge in [0.25, 0.3) is 0 Å². The van der Waals surface area contributed by atoms with E-state index < -0.39 is 0 Å². The number of nitrogens with zero attached hydrogens (tertiary/aromatic N) is 2. The Balaban J connectivity index is 2.05. The summed E-state index contributed by atoms with van der Waals surface area (Å²) in [7, 11) is 0. The van der Waals surface area contributed by atoms with Gasteiger partial charge in [-0.15, -0.1) is 11.3 Å². The zero-order valence-electron chi connectivity index (χ0n) is 9.93. The van der Waals surface area contributed by atoms with Crippen molar-refractivity contribution in [1.29, 1.82) is 0 Å². The highest BCUT2D eigenvalue weighted by atomic mass is 79.9. The molecule has 0 aliphatic rings. The molecule has 92 valence electrons.